The van der Waals surface area contributed by atoms with E-state index in [1.807, 2.05) is 37.3 Å². The van der Waals surface area contributed by atoms with Gasteiger partial charge in [0, 0.05) is 25.6 Å². The van der Waals surface area contributed by atoms with Crippen LogP contribution < -0.4 is 10.9 Å². The van der Waals surface area contributed by atoms with E-state index in [-0.39, 0.29) is 30.3 Å². The van der Waals surface area contributed by atoms with E-state index in [1.54, 1.807) is 25.2 Å². The lowest BCUT2D eigenvalue weighted by molar-refractivity contribution is -0.133. The molecule has 2 N–H and O–H groups in total. The van der Waals surface area contributed by atoms with Crippen LogP contribution in [0, 0.1) is 0 Å². The summed E-state index contributed by atoms with van der Waals surface area (Å²) in [7, 11) is 1.61. The number of aromatic amines is 1. The molecule has 2 amide bonds. The molecular formula is C23H26N4O3. The minimum atomic E-state index is -0.229. The number of aromatic nitrogens is 2. The normalized spacial score (nSPS) is 10.7. The van der Waals surface area contributed by atoms with Gasteiger partial charge < -0.3 is 15.2 Å². The zero-order valence-corrected chi connectivity index (χ0v) is 17.3. The van der Waals surface area contributed by atoms with E-state index in [9.17, 15) is 14.4 Å². The first-order chi connectivity index (χ1) is 14.5. The number of anilines is 1. The number of rotatable bonds is 8. The number of nitrogens with one attached hydrogen (secondary N) is 2. The van der Waals surface area contributed by atoms with Crippen molar-refractivity contribution in [2.24, 2.45) is 0 Å². The Balaban J connectivity index is 1.50. The minimum Gasteiger partial charge on any atom is -0.336 e. The van der Waals surface area contributed by atoms with Crippen molar-refractivity contribution in [3.05, 3.63) is 70.3 Å². The van der Waals surface area contributed by atoms with Gasteiger partial charge in [0.1, 0.15) is 5.82 Å². The van der Waals surface area contributed by atoms with Crippen LogP contribution in [-0.4, -0.2) is 40.3 Å². The van der Waals surface area contributed by atoms with E-state index in [2.05, 4.69) is 15.3 Å². The molecule has 7 nitrogen and oxygen atoms in total. The van der Waals surface area contributed by atoms with E-state index in [0.29, 0.717) is 29.6 Å². The Labute approximate surface area is 175 Å². The van der Waals surface area contributed by atoms with Crippen LogP contribution in [0.4, 0.5) is 5.69 Å². The highest BCUT2D eigenvalue weighted by Crippen LogP contribution is 2.15. The summed E-state index contributed by atoms with van der Waals surface area (Å²) < 4.78 is 0. The highest BCUT2D eigenvalue weighted by molar-refractivity contribution is 5.95. The number of para-hydroxylation sites is 2. The molecule has 0 aliphatic rings. The summed E-state index contributed by atoms with van der Waals surface area (Å²) in [5, 5.41) is 3.42. The summed E-state index contributed by atoms with van der Waals surface area (Å²) in [5.41, 5.74) is 2.29. The third-order valence-electron chi connectivity index (χ3n) is 4.95. The Hall–Kier alpha value is -3.48. The lowest BCUT2D eigenvalue weighted by Gasteiger charge is -2.17. The molecule has 1 aromatic heterocycles. The molecule has 1 heterocycles. The Morgan fingerprint density at radius 1 is 1.10 bits per heavy atom. The van der Waals surface area contributed by atoms with Gasteiger partial charge in [-0.3, -0.25) is 14.4 Å². The number of hydrogen-bond acceptors (Lipinski definition) is 4. The molecule has 0 fully saturated rings. The maximum absolute atomic E-state index is 12.4. The van der Waals surface area contributed by atoms with Crippen molar-refractivity contribution in [3.63, 3.8) is 0 Å². The smallest absolute Gasteiger partial charge is 0.258 e. The van der Waals surface area contributed by atoms with Gasteiger partial charge in [-0.15, -0.1) is 0 Å². The van der Waals surface area contributed by atoms with Gasteiger partial charge in [0.05, 0.1) is 17.4 Å². The number of aryl methyl sites for hydroxylation is 2. The molecule has 156 valence electrons. The average molecular weight is 406 g/mol. The lowest BCUT2D eigenvalue weighted by Crippen LogP contribution is -2.35. The van der Waals surface area contributed by atoms with Gasteiger partial charge in [0.25, 0.3) is 5.56 Å². The van der Waals surface area contributed by atoms with E-state index in [1.165, 1.54) is 4.90 Å². The Morgan fingerprint density at radius 3 is 2.63 bits per heavy atom. The van der Waals surface area contributed by atoms with Crippen LogP contribution in [-0.2, 0) is 22.4 Å². The molecule has 0 atom stereocenters. The van der Waals surface area contributed by atoms with Gasteiger partial charge in [-0.1, -0.05) is 37.3 Å². The number of H-pyrrole nitrogens is 1. The predicted molar refractivity (Wildman–Crippen MR) is 117 cm³/mol. The molecule has 3 rings (SSSR count). The topological polar surface area (TPSA) is 95.2 Å². The molecule has 0 aliphatic carbocycles. The molecule has 30 heavy (non-hydrogen) atoms. The van der Waals surface area contributed by atoms with E-state index in [4.69, 9.17) is 0 Å². The zero-order valence-electron chi connectivity index (χ0n) is 17.3. The van der Waals surface area contributed by atoms with Crippen LogP contribution in [0.3, 0.4) is 0 Å². The molecule has 0 aliphatic heterocycles. The van der Waals surface area contributed by atoms with Gasteiger partial charge in [-0.2, -0.15) is 0 Å². The summed E-state index contributed by atoms with van der Waals surface area (Å²) in [6, 6.07) is 14.8. The first-order valence-electron chi connectivity index (χ1n) is 10.1. The average Bonchev–Trinajstić information content (AvgIpc) is 2.74. The summed E-state index contributed by atoms with van der Waals surface area (Å²) in [6.45, 7) is 2.01. The molecule has 7 heteroatoms. The van der Waals surface area contributed by atoms with Crippen molar-refractivity contribution in [2.75, 3.05) is 18.9 Å². The fourth-order valence-electron chi connectivity index (χ4n) is 3.30. The van der Waals surface area contributed by atoms with E-state index in [0.717, 1.165) is 17.7 Å². The second-order valence-corrected chi connectivity index (χ2v) is 7.19. The molecular weight excluding hydrogens is 380 g/mol. The number of carbonyl (C=O) groups excluding carboxylic acids is 2. The predicted octanol–water partition coefficient (Wildman–Crippen LogP) is 2.91. The van der Waals surface area contributed by atoms with Crippen LogP contribution in [0.1, 0.15) is 31.2 Å². The second-order valence-electron chi connectivity index (χ2n) is 7.19. The molecule has 0 saturated heterocycles. The number of hydrogen-bond donors (Lipinski definition) is 2. The van der Waals surface area contributed by atoms with Gasteiger partial charge in [-0.05, 0) is 36.6 Å². The monoisotopic (exact) mass is 406 g/mol. The molecule has 3 aromatic rings. The van der Waals surface area contributed by atoms with Crippen molar-refractivity contribution in [1.29, 1.82) is 0 Å². The largest absolute Gasteiger partial charge is 0.336 e. The number of amides is 2. The van der Waals surface area contributed by atoms with Crippen molar-refractivity contribution < 1.29 is 9.59 Å². The molecule has 0 unspecified atom stereocenters. The van der Waals surface area contributed by atoms with E-state index < -0.39 is 0 Å². The van der Waals surface area contributed by atoms with E-state index >= 15 is 0 Å². The fraction of sp³-hybridized carbons (Fsp3) is 0.304. The SMILES string of the molecule is CCc1ccccc1NC(=O)CN(C)C(=O)CCCc1nc2ccccc2c(=O)[nH]1. The second kappa shape index (κ2) is 9.82. The maximum atomic E-state index is 12.4. The fourth-order valence-corrected chi connectivity index (χ4v) is 3.30. The highest BCUT2D eigenvalue weighted by Gasteiger charge is 2.14. The number of nitrogens with zero attached hydrogens (tertiary/aromatic N) is 2. The van der Waals surface area contributed by atoms with Crippen molar-refractivity contribution in [3.8, 4) is 0 Å². The molecule has 0 radical (unpaired) electrons. The van der Waals surface area contributed by atoms with Crippen molar-refractivity contribution >= 4 is 28.4 Å². The number of carbonyl (C=O) groups is 2. The zero-order chi connectivity index (χ0) is 21.5. The standard InChI is InChI=1S/C23H26N4O3/c1-3-16-9-4-6-11-18(16)25-21(28)15-27(2)22(29)14-8-13-20-24-19-12-7-5-10-17(19)23(30)26-20/h4-7,9-12H,3,8,13-15H2,1-2H3,(H,25,28)(H,24,26,30). The Kier molecular flexibility index (Phi) is 6.95. The quantitative estimate of drug-likeness (QED) is 0.601. The molecule has 0 spiro atoms. The number of benzene rings is 2. The summed E-state index contributed by atoms with van der Waals surface area (Å²) in [4.78, 5) is 45.4. The van der Waals surface area contributed by atoms with Gasteiger partial charge in [-0.25, -0.2) is 4.98 Å². The summed E-state index contributed by atoms with van der Waals surface area (Å²) in [6.07, 6.45) is 2.10. The number of fused-ring (bicyclic) bond motifs is 1. The van der Waals surface area contributed by atoms with Gasteiger partial charge in [0.2, 0.25) is 11.8 Å². The maximum Gasteiger partial charge on any atom is 0.258 e. The van der Waals surface area contributed by atoms with Crippen LogP contribution in [0.25, 0.3) is 10.9 Å². The van der Waals surface area contributed by atoms with Gasteiger partial charge in [0.15, 0.2) is 0 Å². The van der Waals surface area contributed by atoms with Crippen LogP contribution in [0.2, 0.25) is 0 Å². The van der Waals surface area contributed by atoms with Crippen LogP contribution in [0.5, 0.6) is 0 Å². The summed E-state index contributed by atoms with van der Waals surface area (Å²) in [5.74, 6) is 0.201. The lowest BCUT2D eigenvalue weighted by atomic mass is 10.1. The van der Waals surface area contributed by atoms with Crippen LogP contribution in [0.15, 0.2) is 53.3 Å². The molecule has 0 bridgehead atoms. The number of likely N-dealkylation sites (N-methyl/N-ethyl adjacent to an activating group) is 1. The third kappa shape index (κ3) is 5.31. The first-order valence-corrected chi connectivity index (χ1v) is 10.1. The third-order valence-corrected chi connectivity index (χ3v) is 4.95. The van der Waals surface area contributed by atoms with Crippen LogP contribution >= 0.6 is 0 Å². The molecule has 0 saturated carbocycles. The molecule has 2 aromatic carbocycles. The van der Waals surface area contributed by atoms with Crippen molar-refractivity contribution in [2.45, 2.75) is 32.6 Å². The first kappa shape index (κ1) is 21.2. The highest BCUT2D eigenvalue weighted by atomic mass is 16.2. The Bertz CT molecular complexity index is 1110. The Morgan fingerprint density at radius 2 is 1.83 bits per heavy atom. The van der Waals surface area contributed by atoms with Gasteiger partial charge >= 0.3 is 0 Å². The van der Waals surface area contributed by atoms with Crippen molar-refractivity contribution in [1.82, 2.24) is 14.9 Å². The minimum absolute atomic E-state index is 0.0120. The summed E-state index contributed by atoms with van der Waals surface area (Å²) >= 11 is 0.